The summed E-state index contributed by atoms with van der Waals surface area (Å²) in [6.45, 7) is 1.80. The Morgan fingerprint density at radius 1 is 1.20 bits per heavy atom. The molecule has 2 rings (SSSR count). The molecule has 2 aromatic carbocycles. The van der Waals surface area contributed by atoms with Gasteiger partial charge in [-0.25, -0.2) is 0 Å². The molecule has 0 aromatic heterocycles. The van der Waals surface area contributed by atoms with Crippen molar-refractivity contribution < 1.29 is 14.5 Å². The fourth-order valence-electron chi connectivity index (χ4n) is 1.82. The van der Waals surface area contributed by atoms with E-state index in [0.717, 1.165) is 6.29 Å². The number of ether oxygens (including phenoxy) is 1. The second-order valence-corrected chi connectivity index (χ2v) is 4.30. The molecule has 0 bridgehead atoms. The molecule has 0 saturated heterocycles. The Labute approximate surface area is 116 Å². The Bertz CT molecular complexity index is 639. The third-order valence-corrected chi connectivity index (χ3v) is 2.86. The molecule has 0 spiro atoms. The monoisotopic (exact) mass is 271 g/mol. The molecule has 5 nitrogen and oxygen atoms in total. The second-order valence-electron chi connectivity index (χ2n) is 4.30. The van der Waals surface area contributed by atoms with Crippen LogP contribution in [0.25, 0.3) is 0 Å². The second kappa shape index (κ2) is 5.97. The molecule has 0 amide bonds. The van der Waals surface area contributed by atoms with Crippen molar-refractivity contribution in [3.8, 4) is 5.75 Å². The number of nitro benzene ring substituents is 1. The first kappa shape index (κ1) is 13.7. The average molecular weight is 271 g/mol. The number of carbonyl (C=O) groups excluding carboxylic acids is 1. The Morgan fingerprint density at radius 2 is 1.95 bits per heavy atom. The van der Waals surface area contributed by atoms with Gasteiger partial charge in [0, 0.05) is 17.7 Å². The van der Waals surface area contributed by atoms with Crippen molar-refractivity contribution in [1.82, 2.24) is 0 Å². The highest BCUT2D eigenvalue weighted by Crippen LogP contribution is 2.24. The first-order chi connectivity index (χ1) is 9.60. The van der Waals surface area contributed by atoms with Crippen LogP contribution in [0.15, 0.2) is 48.5 Å². The van der Waals surface area contributed by atoms with Crippen LogP contribution in [0.2, 0.25) is 0 Å². The normalized spacial score (nSPS) is 11.7. The van der Waals surface area contributed by atoms with E-state index in [1.165, 1.54) is 12.1 Å². The molecule has 1 atom stereocenters. The van der Waals surface area contributed by atoms with Crippen molar-refractivity contribution in [2.45, 2.75) is 13.0 Å². The highest BCUT2D eigenvalue weighted by atomic mass is 16.6. The number of non-ortho nitro benzene ring substituents is 1. The van der Waals surface area contributed by atoms with E-state index >= 15 is 0 Å². The molecular formula is C15H13NO4. The summed E-state index contributed by atoms with van der Waals surface area (Å²) in [5.41, 5.74) is 1.25. The first-order valence-electron chi connectivity index (χ1n) is 6.06. The molecule has 2 aromatic rings. The lowest BCUT2D eigenvalue weighted by Gasteiger charge is -2.15. The van der Waals surface area contributed by atoms with Crippen molar-refractivity contribution in [3.05, 3.63) is 69.8 Å². The van der Waals surface area contributed by atoms with E-state index in [2.05, 4.69) is 0 Å². The number of nitrogens with zero attached hydrogens (tertiary/aromatic N) is 1. The summed E-state index contributed by atoms with van der Waals surface area (Å²) in [5.74, 6) is 0.550. The Morgan fingerprint density at radius 3 is 2.65 bits per heavy atom. The molecule has 0 unspecified atom stereocenters. The SMILES string of the molecule is C[C@H](Oc1cccc(C=O)c1)c1cccc([N+](=O)[O-])c1. The van der Waals surface area contributed by atoms with Gasteiger partial charge in [0.05, 0.1) is 4.92 Å². The van der Waals surface area contributed by atoms with Crippen molar-refractivity contribution >= 4 is 12.0 Å². The summed E-state index contributed by atoms with van der Waals surface area (Å²) in [6, 6.07) is 13.1. The van der Waals surface area contributed by atoms with Crippen molar-refractivity contribution in [1.29, 1.82) is 0 Å². The van der Waals surface area contributed by atoms with Gasteiger partial charge in [-0.05, 0) is 24.6 Å². The zero-order valence-corrected chi connectivity index (χ0v) is 10.9. The van der Waals surface area contributed by atoms with Crippen LogP contribution in [0.3, 0.4) is 0 Å². The van der Waals surface area contributed by atoms with Gasteiger partial charge in [-0.1, -0.05) is 24.3 Å². The van der Waals surface area contributed by atoms with Crippen LogP contribution < -0.4 is 4.74 Å². The van der Waals surface area contributed by atoms with E-state index in [9.17, 15) is 14.9 Å². The van der Waals surface area contributed by atoms with Crippen LogP contribution in [0.5, 0.6) is 5.75 Å². The van der Waals surface area contributed by atoms with E-state index in [-0.39, 0.29) is 11.8 Å². The maximum Gasteiger partial charge on any atom is 0.269 e. The number of hydrogen-bond donors (Lipinski definition) is 0. The summed E-state index contributed by atoms with van der Waals surface area (Å²) in [4.78, 5) is 21.0. The van der Waals surface area contributed by atoms with Gasteiger partial charge in [-0.3, -0.25) is 14.9 Å². The fraction of sp³-hybridized carbons (Fsp3) is 0.133. The number of nitro groups is 1. The van der Waals surface area contributed by atoms with Gasteiger partial charge in [-0.2, -0.15) is 0 Å². The van der Waals surface area contributed by atoms with E-state index in [0.29, 0.717) is 16.9 Å². The minimum absolute atomic E-state index is 0.0274. The molecule has 0 fully saturated rings. The summed E-state index contributed by atoms with van der Waals surface area (Å²) in [7, 11) is 0. The van der Waals surface area contributed by atoms with Gasteiger partial charge < -0.3 is 4.74 Å². The van der Waals surface area contributed by atoms with E-state index in [1.807, 2.05) is 0 Å². The first-order valence-corrected chi connectivity index (χ1v) is 6.06. The molecular weight excluding hydrogens is 258 g/mol. The fourth-order valence-corrected chi connectivity index (χ4v) is 1.82. The lowest BCUT2D eigenvalue weighted by atomic mass is 10.1. The summed E-state index contributed by atoms with van der Waals surface area (Å²) in [6.07, 6.45) is 0.391. The molecule has 0 aliphatic rings. The van der Waals surface area contributed by atoms with Crippen LogP contribution >= 0.6 is 0 Å². The molecule has 0 aliphatic heterocycles. The Kier molecular flexibility index (Phi) is 4.10. The van der Waals surface area contributed by atoms with Crippen LogP contribution in [-0.2, 0) is 0 Å². The van der Waals surface area contributed by atoms with Crippen molar-refractivity contribution in [2.75, 3.05) is 0 Å². The smallest absolute Gasteiger partial charge is 0.269 e. The third kappa shape index (κ3) is 3.20. The Balaban J connectivity index is 2.18. The number of rotatable bonds is 5. The third-order valence-electron chi connectivity index (χ3n) is 2.86. The van der Waals surface area contributed by atoms with Gasteiger partial charge >= 0.3 is 0 Å². The molecule has 0 heterocycles. The van der Waals surface area contributed by atoms with Crippen LogP contribution in [0, 0.1) is 10.1 Å². The lowest BCUT2D eigenvalue weighted by Crippen LogP contribution is -2.04. The van der Waals surface area contributed by atoms with Gasteiger partial charge in [0.15, 0.2) is 0 Å². The van der Waals surface area contributed by atoms with Crippen molar-refractivity contribution in [2.24, 2.45) is 0 Å². The molecule has 5 heteroatoms. The Hall–Kier alpha value is -2.69. The minimum atomic E-state index is -0.441. The van der Waals surface area contributed by atoms with Gasteiger partial charge in [0.25, 0.3) is 5.69 Å². The molecule has 0 saturated carbocycles. The molecule has 0 N–H and O–H groups in total. The zero-order chi connectivity index (χ0) is 14.5. The van der Waals surface area contributed by atoms with E-state index < -0.39 is 4.92 Å². The van der Waals surface area contributed by atoms with Gasteiger partial charge in [0.2, 0.25) is 0 Å². The summed E-state index contributed by atoms with van der Waals surface area (Å²) >= 11 is 0. The predicted molar refractivity (Wildman–Crippen MR) is 74.0 cm³/mol. The number of aldehydes is 1. The summed E-state index contributed by atoms with van der Waals surface area (Å²) < 4.78 is 5.70. The number of hydrogen-bond acceptors (Lipinski definition) is 4. The molecule has 20 heavy (non-hydrogen) atoms. The van der Waals surface area contributed by atoms with E-state index in [4.69, 9.17) is 4.74 Å². The largest absolute Gasteiger partial charge is 0.486 e. The maximum absolute atomic E-state index is 10.7. The number of carbonyl (C=O) groups is 1. The lowest BCUT2D eigenvalue weighted by molar-refractivity contribution is -0.385. The molecule has 102 valence electrons. The average Bonchev–Trinajstić information content (AvgIpc) is 2.47. The highest BCUT2D eigenvalue weighted by molar-refractivity contribution is 5.75. The quantitative estimate of drug-likeness (QED) is 0.473. The van der Waals surface area contributed by atoms with Gasteiger partial charge in [0.1, 0.15) is 18.1 Å². The van der Waals surface area contributed by atoms with Crippen LogP contribution in [0.4, 0.5) is 5.69 Å². The van der Waals surface area contributed by atoms with Crippen LogP contribution in [0.1, 0.15) is 28.9 Å². The maximum atomic E-state index is 10.7. The topological polar surface area (TPSA) is 69.4 Å². The summed E-state index contributed by atoms with van der Waals surface area (Å²) in [5, 5.41) is 10.7. The predicted octanol–water partition coefficient (Wildman–Crippen LogP) is 3.55. The molecule has 0 aliphatic carbocycles. The van der Waals surface area contributed by atoms with Crippen molar-refractivity contribution in [3.63, 3.8) is 0 Å². The number of benzene rings is 2. The zero-order valence-electron chi connectivity index (χ0n) is 10.9. The highest BCUT2D eigenvalue weighted by Gasteiger charge is 2.12. The van der Waals surface area contributed by atoms with E-state index in [1.54, 1.807) is 43.3 Å². The van der Waals surface area contributed by atoms with Gasteiger partial charge in [-0.15, -0.1) is 0 Å². The molecule has 0 radical (unpaired) electrons. The van der Waals surface area contributed by atoms with Crippen LogP contribution in [-0.4, -0.2) is 11.2 Å². The standard InChI is InChI=1S/C15H13NO4/c1-11(13-5-3-6-14(9-13)16(18)19)20-15-7-2-4-12(8-15)10-17/h2-11H,1H3/t11-/m0/s1. The minimum Gasteiger partial charge on any atom is -0.486 e.